The molecule has 1 aliphatic carbocycles. The molecule has 1 fully saturated rings. The Morgan fingerprint density at radius 1 is 0.912 bits per heavy atom. The number of nitrogens with one attached hydrogen (secondary N) is 2. The smallest absolute Gasteiger partial charge is 0.255 e. The van der Waals surface area contributed by atoms with E-state index >= 15 is 0 Å². The van der Waals surface area contributed by atoms with E-state index in [1.54, 1.807) is 31.2 Å². The van der Waals surface area contributed by atoms with Crippen molar-refractivity contribution in [3.63, 3.8) is 0 Å². The highest BCUT2D eigenvalue weighted by Gasteiger charge is 2.67. The van der Waals surface area contributed by atoms with Crippen LogP contribution < -0.4 is 10.6 Å². The first kappa shape index (κ1) is 25.1. The molecule has 0 saturated heterocycles. The summed E-state index contributed by atoms with van der Waals surface area (Å²) in [6.07, 6.45) is 0. The summed E-state index contributed by atoms with van der Waals surface area (Å²) in [5.74, 6) is -2.57. The van der Waals surface area contributed by atoms with Gasteiger partial charge in [0.2, 0.25) is 5.91 Å². The first-order valence-corrected chi connectivity index (χ1v) is 11.9. The van der Waals surface area contributed by atoms with Crippen LogP contribution in [0.15, 0.2) is 54.6 Å². The van der Waals surface area contributed by atoms with Crippen molar-refractivity contribution in [1.82, 2.24) is 0 Å². The average molecular weight is 561 g/mol. The molecule has 10 heteroatoms. The first-order chi connectivity index (χ1) is 16.0. The van der Waals surface area contributed by atoms with Crippen LogP contribution >= 0.6 is 58.0 Å². The van der Waals surface area contributed by atoms with Gasteiger partial charge in [-0.3, -0.25) is 9.59 Å². The monoisotopic (exact) mass is 558 g/mol. The number of aryl methyl sites for hydroxylation is 1. The number of anilines is 2. The summed E-state index contributed by atoms with van der Waals surface area (Å²) >= 11 is 31.2. The van der Waals surface area contributed by atoms with E-state index < -0.39 is 33.8 Å². The zero-order valence-electron chi connectivity index (χ0n) is 17.4. The van der Waals surface area contributed by atoms with Gasteiger partial charge in [-0.2, -0.15) is 0 Å². The van der Waals surface area contributed by atoms with Crippen LogP contribution in [0.2, 0.25) is 15.1 Å². The molecule has 0 aromatic heterocycles. The highest BCUT2D eigenvalue weighted by atomic mass is 35.5. The number of benzene rings is 3. The van der Waals surface area contributed by atoms with Crippen molar-refractivity contribution in [2.24, 2.45) is 5.92 Å². The Morgan fingerprint density at radius 3 is 2.24 bits per heavy atom. The molecule has 0 radical (unpaired) electrons. The second-order valence-corrected chi connectivity index (χ2v) is 10.7. The summed E-state index contributed by atoms with van der Waals surface area (Å²) in [4.78, 5) is 25.6. The van der Waals surface area contributed by atoms with Crippen molar-refractivity contribution < 1.29 is 14.0 Å². The van der Waals surface area contributed by atoms with Gasteiger partial charge in [-0.25, -0.2) is 4.39 Å². The van der Waals surface area contributed by atoms with Crippen molar-refractivity contribution >= 4 is 81.2 Å². The van der Waals surface area contributed by atoms with Crippen LogP contribution in [-0.2, 0) is 4.79 Å². The summed E-state index contributed by atoms with van der Waals surface area (Å²) in [7, 11) is 0. The van der Waals surface area contributed by atoms with Gasteiger partial charge in [-0.15, -0.1) is 23.2 Å². The minimum Gasteiger partial charge on any atom is -0.326 e. The van der Waals surface area contributed by atoms with Gasteiger partial charge >= 0.3 is 0 Å². The molecular weight excluding hydrogens is 545 g/mol. The lowest BCUT2D eigenvalue weighted by molar-refractivity contribution is -0.117. The fraction of sp³-hybridized carbons (Fsp3) is 0.167. The molecule has 3 aromatic rings. The fourth-order valence-corrected chi connectivity index (χ4v) is 5.35. The van der Waals surface area contributed by atoms with E-state index in [4.69, 9.17) is 58.0 Å². The Bertz CT molecular complexity index is 1290. The minimum absolute atomic E-state index is 0.257. The molecule has 1 saturated carbocycles. The van der Waals surface area contributed by atoms with Gasteiger partial charge in [0.1, 0.15) is 10.2 Å². The SMILES string of the molecule is Cc1cc(F)ccc1C(=O)Nc1cc(NC(=O)[C@H]2[C@H](c3cc(Cl)cc(Cl)c3)C2(Cl)Cl)ccc1Cl. The predicted molar refractivity (Wildman–Crippen MR) is 136 cm³/mol. The maximum atomic E-state index is 13.4. The lowest BCUT2D eigenvalue weighted by Gasteiger charge is -2.12. The molecule has 0 spiro atoms. The fourth-order valence-electron chi connectivity index (χ4n) is 3.81. The summed E-state index contributed by atoms with van der Waals surface area (Å²) in [5, 5.41) is 6.51. The Kier molecular flexibility index (Phi) is 7.05. The molecule has 0 bridgehead atoms. The van der Waals surface area contributed by atoms with E-state index in [9.17, 15) is 14.0 Å². The highest BCUT2D eigenvalue weighted by Crippen LogP contribution is 2.65. The van der Waals surface area contributed by atoms with Crippen LogP contribution in [0.4, 0.5) is 15.8 Å². The highest BCUT2D eigenvalue weighted by molar-refractivity contribution is 6.53. The van der Waals surface area contributed by atoms with E-state index in [0.29, 0.717) is 32.4 Å². The zero-order chi connectivity index (χ0) is 24.8. The number of alkyl halides is 2. The summed E-state index contributed by atoms with van der Waals surface area (Å²) in [5.41, 5.74) is 2.06. The van der Waals surface area contributed by atoms with Gasteiger partial charge in [-0.1, -0.05) is 34.8 Å². The standard InChI is InChI=1S/C24H16Cl5FN2O2/c1-11-6-15(30)2-4-17(11)22(33)32-19-10-16(3-5-18(19)27)31-23(34)21-20(24(21,28)29)12-7-13(25)9-14(26)8-12/h2-10,20-21H,1H3,(H,31,34)(H,32,33)/t20-,21+/m0/s1. The Labute approximate surface area is 220 Å². The maximum Gasteiger partial charge on any atom is 0.255 e. The van der Waals surface area contributed by atoms with Crippen LogP contribution in [0.5, 0.6) is 0 Å². The van der Waals surface area contributed by atoms with E-state index in [-0.39, 0.29) is 10.7 Å². The van der Waals surface area contributed by atoms with Gasteiger partial charge in [0, 0.05) is 27.2 Å². The lowest BCUT2D eigenvalue weighted by Crippen LogP contribution is -2.18. The molecule has 2 N–H and O–H groups in total. The molecule has 34 heavy (non-hydrogen) atoms. The van der Waals surface area contributed by atoms with Crippen molar-refractivity contribution in [3.8, 4) is 0 Å². The third-order valence-corrected chi connectivity index (χ3v) is 7.20. The van der Waals surface area contributed by atoms with Crippen molar-refractivity contribution in [2.45, 2.75) is 17.2 Å². The van der Waals surface area contributed by atoms with E-state index in [1.165, 1.54) is 30.3 Å². The van der Waals surface area contributed by atoms with Gasteiger partial charge in [0.25, 0.3) is 5.91 Å². The molecule has 0 aliphatic heterocycles. The quantitative estimate of drug-likeness (QED) is 0.312. The van der Waals surface area contributed by atoms with Gasteiger partial charge in [-0.05, 0) is 72.6 Å². The van der Waals surface area contributed by atoms with Gasteiger partial charge < -0.3 is 10.6 Å². The molecule has 0 unspecified atom stereocenters. The summed E-state index contributed by atoms with van der Waals surface area (Å²) < 4.78 is 12.0. The second-order valence-electron chi connectivity index (χ2n) is 7.93. The number of amides is 2. The summed E-state index contributed by atoms with van der Waals surface area (Å²) in [6, 6.07) is 13.4. The van der Waals surface area contributed by atoms with Crippen LogP contribution in [-0.4, -0.2) is 16.1 Å². The molecule has 4 rings (SSSR count). The molecule has 2 amide bonds. The minimum atomic E-state index is -1.33. The van der Waals surface area contributed by atoms with Gasteiger partial charge in [0.15, 0.2) is 0 Å². The van der Waals surface area contributed by atoms with E-state index in [0.717, 1.165) is 0 Å². The number of carbonyl (C=O) groups is 2. The number of rotatable bonds is 5. The Hall–Kier alpha value is -2.02. The number of hydrogen-bond donors (Lipinski definition) is 2. The number of hydrogen-bond acceptors (Lipinski definition) is 2. The number of halogens is 6. The van der Waals surface area contributed by atoms with Gasteiger partial charge in [0.05, 0.1) is 16.6 Å². The Morgan fingerprint density at radius 2 is 1.59 bits per heavy atom. The lowest BCUT2D eigenvalue weighted by atomic mass is 10.1. The van der Waals surface area contributed by atoms with Crippen molar-refractivity contribution in [2.75, 3.05) is 10.6 Å². The van der Waals surface area contributed by atoms with E-state index in [1.807, 2.05) is 0 Å². The third-order valence-electron chi connectivity index (χ3n) is 5.50. The van der Waals surface area contributed by atoms with E-state index in [2.05, 4.69) is 10.6 Å². The number of carbonyl (C=O) groups excluding carboxylic acids is 2. The molecule has 4 nitrogen and oxygen atoms in total. The van der Waals surface area contributed by atoms with Crippen LogP contribution in [0.3, 0.4) is 0 Å². The molecule has 0 heterocycles. The molecule has 1 aliphatic rings. The third kappa shape index (κ3) is 5.14. The second kappa shape index (κ2) is 9.56. The van der Waals surface area contributed by atoms with Crippen LogP contribution in [0, 0.1) is 18.7 Å². The first-order valence-electron chi connectivity index (χ1n) is 9.99. The normalized spacial score (nSPS) is 18.3. The van der Waals surface area contributed by atoms with Crippen LogP contribution in [0.25, 0.3) is 0 Å². The summed E-state index contributed by atoms with van der Waals surface area (Å²) in [6.45, 7) is 1.62. The predicted octanol–water partition coefficient (Wildman–Crippen LogP) is 7.87. The largest absolute Gasteiger partial charge is 0.326 e. The van der Waals surface area contributed by atoms with Crippen molar-refractivity contribution in [3.05, 3.63) is 92.2 Å². The van der Waals surface area contributed by atoms with Crippen LogP contribution in [0.1, 0.15) is 27.4 Å². The molecule has 2 atom stereocenters. The zero-order valence-corrected chi connectivity index (χ0v) is 21.2. The van der Waals surface area contributed by atoms with Crippen molar-refractivity contribution in [1.29, 1.82) is 0 Å². The molecular formula is C24H16Cl5FN2O2. The molecule has 3 aromatic carbocycles. The maximum absolute atomic E-state index is 13.4. The molecule has 176 valence electrons. The average Bonchev–Trinajstić information content (AvgIpc) is 3.32. The topological polar surface area (TPSA) is 58.2 Å². The Balaban J connectivity index is 1.51.